The Bertz CT molecular complexity index is 922. The van der Waals surface area contributed by atoms with Gasteiger partial charge in [0.15, 0.2) is 0 Å². The van der Waals surface area contributed by atoms with Crippen molar-refractivity contribution in [2.45, 2.75) is 25.4 Å². The van der Waals surface area contributed by atoms with Gasteiger partial charge in [-0.1, -0.05) is 48.5 Å². The largest absolute Gasteiger partial charge is 0.349 e. The van der Waals surface area contributed by atoms with Gasteiger partial charge < -0.3 is 15.2 Å². The summed E-state index contributed by atoms with van der Waals surface area (Å²) in [7, 11) is 1.90. The fraction of sp³-hybridized carbons (Fsp3) is 0.227. The molecule has 0 saturated carbocycles. The van der Waals surface area contributed by atoms with Crippen LogP contribution in [0, 0.1) is 0 Å². The van der Waals surface area contributed by atoms with Crippen molar-refractivity contribution >= 4 is 11.8 Å². The van der Waals surface area contributed by atoms with Crippen molar-refractivity contribution in [3.05, 3.63) is 90.0 Å². The molecule has 0 aliphatic carbocycles. The number of amides is 2. The minimum Gasteiger partial charge on any atom is -0.349 e. The summed E-state index contributed by atoms with van der Waals surface area (Å²) in [6.45, 7) is 1.82. The van der Waals surface area contributed by atoms with E-state index in [2.05, 4.69) is 15.6 Å². The molecule has 6 nitrogen and oxygen atoms in total. The summed E-state index contributed by atoms with van der Waals surface area (Å²) >= 11 is 0. The highest BCUT2D eigenvalue weighted by Crippen LogP contribution is 2.20. The number of benzene rings is 2. The van der Waals surface area contributed by atoms with Gasteiger partial charge in [-0.25, -0.2) is 4.98 Å². The van der Waals surface area contributed by atoms with Gasteiger partial charge in [0.1, 0.15) is 11.9 Å². The predicted molar refractivity (Wildman–Crippen MR) is 108 cm³/mol. The van der Waals surface area contributed by atoms with Gasteiger partial charge in [0.25, 0.3) is 5.91 Å². The standard InChI is InChI=1S/C22H24N4O2/c1-16(24-22(28)18-11-7-4-8-12-18)15-19(27)25-20(17-9-5-3-6-10-17)21-23-13-14-26(21)2/h3-14,16,20H,15H2,1-2H3,(H,24,28)(H,25,27). The maximum absolute atomic E-state index is 12.7. The number of hydrogen-bond donors (Lipinski definition) is 2. The molecule has 6 heteroatoms. The van der Waals surface area contributed by atoms with E-state index in [1.165, 1.54) is 0 Å². The number of hydrogen-bond acceptors (Lipinski definition) is 3. The summed E-state index contributed by atoms with van der Waals surface area (Å²) in [5, 5.41) is 5.91. The first-order chi connectivity index (χ1) is 13.5. The van der Waals surface area contributed by atoms with Crippen LogP contribution in [0.25, 0.3) is 0 Å². The second kappa shape index (κ2) is 8.99. The molecule has 2 N–H and O–H groups in total. The van der Waals surface area contributed by atoms with Crippen molar-refractivity contribution in [2.75, 3.05) is 0 Å². The normalized spacial score (nSPS) is 12.8. The topological polar surface area (TPSA) is 76.0 Å². The highest BCUT2D eigenvalue weighted by Gasteiger charge is 2.22. The van der Waals surface area contributed by atoms with Crippen LogP contribution in [0.3, 0.4) is 0 Å². The van der Waals surface area contributed by atoms with E-state index in [0.29, 0.717) is 5.56 Å². The molecule has 2 aromatic carbocycles. The monoisotopic (exact) mass is 376 g/mol. The lowest BCUT2D eigenvalue weighted by Gasteiger charge is -2.21. The van der Waals surface area contributed by atoms with Crippen molar-refractivity contribution < 1.29 is 9.59 Å². The smallest absolute Gasteiger partial charge is 0.251 e. The summed E-state index contributed by atoms with van der Waals surface area (Å²) in [5.41, 5.74) is 1.52. The molecule has 0 aliphatic heterocycles. The lowest BCUT2D eigenvalue weighted by Crippen LogP contribution is -2.39. The number of carbonyl (C=O) groups excluding carboxylic acids is 2. The highest BCUT2D eigenvalue weighted by molar-refractivity contribution is 5.94. The van der Waals surface area contributed by atoms with Gasteiger partial charge in [0.05, 0.1) is 0 Å². The Kier molecular flexibility index (Phi) is 6.22. The number of aryl methyl sites for hydroxylation is 1. The zero-order valence-corrected chi connectivity index (χ0v) is 16.0. The maximum atomic E-state index is 12.7. The van der Waals surface area contributed by atoms with E-state index in [1.54, 1.807) is 18.3 Å². The molecule has 1 heterocycles. The third-order valence-electron chi connectivity index (χ3n) is 4.46. The van der Waals surface area contributed by atoms with Crippen LogP contribution in [0.2, 0.25) is 0 Å². The Labute approximate surface area is 164 Å². The summed E-state index contributed by atoms with van der Waals surface area (Å²) in [4.78, 5) is 29.3. The molecule has 3 aromatic rings. The van der Waals surface area contributed by atoms with E-state index in [0.717, 1.165) is 11.4 Å². The number of nitrogens with one attached hydrogen (secondary N) is 2. The fourth-order valence-electron chi connectivity index (χ4n) is 3.04. The molecule has 0 saturated heterocycles. The quantitative estimate of drug-likeness (QED) is 0.666. The number of rotatable bonds is 7. The molecule has 1 aromatic heterocycles. The molecule has 144 valence electrons. The average molecular weight is 376 g/mol. The van der Waals surface area contributed by atoms with Crippen LogP contribution in [-0.4, -0.2) is 27.4 Å². The first kappa shape index (κ1) is 19.4. The maximum Gasteiger partial charge on any atom is 0.251 e. The van der Waals surface area contributed by atoms with E-state index < -0.39 is 0 Å². The molecule has 0 bridgehead atoms. The second-order valence-electron chi connectivity index (χ2n) is 6.75. The molecular formula is C22H24N4O2. The molecule has 0 fully saturated rings. The van der Waals surface area contributed by atoms with E-state index in [-0.39, 0.29) is 30.3 Å². The Morgan fingerprint density at radius 3 is 2.25 bits per heavy atom. The first-order valence-corrected chi connectivity index (χ1v) is 9.22. The van der Waals surface area contributed by atoms with E-state index in [1.807, 2.05) is 73.3 Å². The third kappa shape index (κ3) is 4.85. The molecule has 28 heavy (non-hydrogen) atoms. The predicted octanol–water partition coefficient (Wildman–Crippen LogP) is 2.83. The van der Waals surface area contributed by atoms with Crippen molar-refractivity contribution in [1.29, 1.82) is 0 Å². The fourth-order valence-corrected chi connectivity index (χ4v) is 3.04. The highest BCUT2D eigenvalue weighted by atomic mass is 16.2. The molecule has 2 atom stereocenters. The molecule has 0 radical (unpaired) electrons. The van der Waals surface area contributed by atoms with Crippen LogP contribution < -0.4 is 10.6 Å². The van der Waals surface area contributed by atoms with E-state index in [4.69, 9.17) is 0 Å². The van der Waals surface area contributed by atoms with Gasteiger partial charge in [0.2, 0.25) is 5.91 Å². The van der Waals surface area contributed by atoms with Gasteiger partial charge in [-0.3, -0.25) is 9.59 Å². The van der Waals surface area contributed by atoms with Crippen LogP contribution in [0.4, 0.5) is 0 Å². The zero-order chi connectivity index (χ0) is 19.9. The van der Waals surface area contributed by atoms with E-state index >= 15 is 0 Å². The Morgan fingerprint density at radius 2 is 1.64 bits per heavy atom. The summed E-state index contributed by atoms with van der Waals surface area (Å²) in [6, 6.07) is 18.0. The molecular weight excluding hydrogens is 352 g/mol. The van der Waals surface area contributed by atoms with Crippen LogP contribution in [-0.2, 0) is 11.8 Å². The SMILES string of the molecule is CC(CC(=O)NC(c1ccccc1)c1nccn1C)NC(=O)c1ccccc1. The summed E-state index contributed by atoms with van der Waals surface area (Å²) in [6.07, 6.45) is 3.73. The van der Waals surface area contributed by atoms with Crippen LogP contribution >= 0.6 is 0 Å². The first-order valence-electron chi connectivity index (χ1n) is 9.22. The van der Waals surface area contributed by atoms with E-state index in [9.17, 15) is 9.59 Å². The third-order valence-corrected chi connectivity index (χ3v) is 4.46. The molecule has 0 spiro atoms. The van der Waals surface area contributed by atoms with Gasteiger partial charge in [-0.15, -0.1) is 0 Å². The van der Waals surface area contributed by atoms with Crippen molar-refractivity contribution in [2.24, 2.45) is 7.05 Å². The molecule has 2 unspecified atom stereocenters. The number of imidazole rings is 1. The molecule has 2 amide bonds. The number of nitrogens with zero attached hydrogens (tertiary/aromatic N) is 2. The van der Waals surface area contributed by atoms with Crippen LogP contribution in [0.1, 0.15) is 41.1 Å². The van der Waals surface area contributed by atoms with Crippen LogP contribution in [0.15, 0.2) is 73.1 Å². The van der Waals surface area contributed by atoms with Gasteiger partial charge in [0, 0.05) is 37.5 Å². The molecule has 0 aliphatic rings. The van der Waals surface area contributed by atoms with Crippen LogP contribution in [0.5, 0.6) is 0 Å². The Morgan fingerprint density at radius 1 is 1.00 bits per heavy atom. The van der Waals surface area contributed by atoms with Crippen molar-refractivity contribution in [3.63, 3.8) is 0 Å². The van der Waals surface area contributed by atoms with Gasteiger partial charge in [-0.05, 0) is 24.6 Å². The second-order valence-corrected chi connectivity index (χ2v) is 6.75. The number of carbonyl (C=O) groups is 2. The van der Waals surface area contributed by atoms with Gasteiger partial charge in [-0.2, -0.15) is 0 Å². The summed E-state index contributed by atoms with van der Waals surface area (Å²) in [5.74, 6) is 0.405. The minimum atomic E-state index is -0.356. The van der Waals surface area contributed by atoms with Gasteiger partial charge >= 0.3 is 0 Å². The van der Waals surface area contributed by atoms with Crippen molar-refractivity contribution in [1.82, 2.24) is 20.2 Å². The summed E-state index contributed by atoms with van der Waals surface area (Å²) < 4.78 is 1.89. The number of aromatic nitrogens is 2. The minimum absolute atomic E-state index is 0.155. The Balaban J connectivity index is 1.65. The lowest BCUT2D eigenvalue weighted by molar-refractivity contribution is -0.122. The zero-order valence-electron chi connectivity index (χ0n) is 16.0. The van der Waals surface area contributed by atoms with Crippen molar-refractivity contribution in [3.8, 4) is 0 Å². The Hall–Kier alpha value is -3.41. The lowest BCUT2D eigenvalue weighted by atomic mass is 10.1. The average Bonchev–Trinajstić information content (AvgIpc) is 3.13. The molecule has 3 rings (SSSR count).